The van der Waals surface area contributed by atoms with E-state index in [1.165, 1.54) is 6.26 Å². The molecule has 10 heteroatoms. The Kier molecular flexibility index (Phi) is 7.41. The molecule has 1 unspecified atom stereocenters. The Balaban J connectivity index is 1.43. The van der Waals surface area contributed by atoms with Gasteiger partial charge in [-0.3, -0.25) is 14.9 Å². The predicted octanol–water partition coefficient (Wildman–Crippen LogP) is 5.97. The number of anilines is 2. The minimum Gasteiger partial charge on any atom is -0.449 e. The second-order valence-electron chi connectivity index (χ2n) is 10.8. The molecule has 5 aromatic rings. The second kappa shape index (κ2) is 11.5. The van der Waals surface area contributed by atoms with Gasteiger partial charge in [-0.1, -0.05) is 31.2 Å². The quantitative estimate of drug-likeness (QED) is 0.241. The third-order valence-electron chi connectivity index (χ3n) is 7.75. The average molecular weight is 578 g/mol. The summed E-state index contributed by atoms with van der Waals surface area (Å²) in [6.45, 7) is 4.35. The van der Waals surface area contributed by atoms with Crippen molar-refractivity contribution in [1.29, 1.82) is 0 Å². The number of nitrogens with zero attached hydrogens (tertiary/aromatic N) is 2. The first kappa shape index (κ1) is 27.8. The SMILES string of the molecule is Cc1cc2ccc1C(C)COC(=O)Nc1ccc(-c3ncco3)c(c1)CN(C)C(=O)[C@@H]2Nc1ccc2cc[nH]c(=O)c2c1. The van der Waals surface area contributed by atoms with E-state index in [1.54, 1.807) is 48.6 Å². The number of aromatic amines is 1. The smallest absolute Gasteiger partial charge is 0.411 e. The number of oxazole rings is 1. The highest BCUT2D eigenvalue weighted by Gasteiger charge is 2.27. The topological polar surface area (TPSA) is 130 Å². The van der Waals surface area contributed by atoms with Gasteiger partial charge in [-0.25, -0.2) is 9.78 Å². The van der Waals surface area contributed by atoms with Gasteiger partial charge >= 0.3 is 6.09 Å². The third-order valence-corrected chi connectivity index (χ3v) is 7.75. The molecular weight excluding hydrogens is 546 g/mol. The van der Waals surface area contributed by atoms with Crippen molar-refractivity contribution in [3.63, 3.8) is 0 Å². The van der Waals surface area contributed by atoms with Crippen molar-refractivity contribution >= 4 is 34.1 Å². The molecule has 0 spiro atoms. The summed E-state index contributed by atoms with van der Waals surface area (Å²) < 4.78 is 11.1. The van der Waals surface area contributed by atoms with Crippen molar-refractivity contribution < 1.29 is 18.7 Å². The van der Waals surface area contributed by atoms with Crippen molar-refractivity contribution in [2.24, 2.45) is 0 Å². The third kappa shape index (κ3) is 5.72. The number of fused-ring (bicyclic) bond motifs is 10. The normalized spacial score (nSPS) is 17.5. The van der Waals surface area contributed by atoms with Crippen LogP contribution in [-0.2, 0) is 16.1 Å². The zero-order chi connectivity index (χ0) is 30.1. The minimum atomic E-state index is -0.759. The lowest BCUT2D eigenvalue weighted by Crippen LogP contribution is -2.35. The minimum absolute atomic E-state index is 0.0762. The lowest BCUT2D eigenvalue weighted by atomic mass is 9.92. The molecule has 10 nitrogen and oxygen atoms in total. The number of amides is 2. The summed E-state index contributed by atoms with van der Waals surface area (Å²) in [6.07, 6.45) is 4.09. The molecular formula is C33H31N5O5. The first-order valence-corrected chi connectivity index (χ1v) is 14.0. The molecule has 4 heterocycles. The Morgan fingerprint density at radius 2 is 1.88 bits per heavy atom. The first-order chi connectivity index (χ1) is 20.8. The van der Waals surface area contributed by atoms with Crippen molar-refractivity contribution in [3.05, 3.63) is 112 Å². The van der Waals surface area contributed by atoms with Crippen molar-refractivity contribution in [2.45, 2.75) is 32.4 Å². The molecule has 4 bridgehead atoms. The Labute approximate surface area is 247 Å². The number of aromatic nitrogens is 2. The number of likely N-dealkylation sites (N-methyl/N-ethyl adjacent to an activating group) is 1. The average Bonchev–Trinajstić information content (AvgIpc) is 3.53. The Bertz CT molecular complexity index is 1880. The van der Waals surface area contributed by atoms with Crippen LogP contribution in [0.15, 0.2) is 88.5 Å². The Morgan fingerprint density at radius 1 is 1.02 bits per heavy atom. The summed E-state index contributed by atoms with van der Waals surface area (Å²) in [7, 11) is 1.72. The van der Waals surface area contributed by atoms with Crippen molar-refractivity contribution in [3.8, 4) is 11.5 Å². The molecule has 0 fully saturated rings. The maximum atomic E-state index is 14.3. The van der Waals surface area contributed by atoms with Crippen LogP contribution in [0.25, 0.3) is 22.2 Å². The number of aryl methyl sites for hydroxylation is 1. The van der Waals surface area contributed by atoms with Crippen molar-refractivity contribution in [2.75, 3.05) is 24.3 Å². The van der Waals surface area contributed by atoms with E-state index in [0.29, 0.717) is 28.2 Å². The van der Waals surface area contributed by atoms with E-state index >= 15 is 0 Å². The van der Waals surface area contributed by atoms with Crippen LogP contribution in [0.4, 0.5) is 16.2 Å². The summed E-state index contributed by atoms with van der Waals surface area (Å²) >= 11 is 0. The number of carbonyl (C=O) groups excluding carboxylic acids is 2. The van der Waals surface area contributed by atoms with E-state index < -0.39 is 12.1 Å². The molecule has 2 aliphatic heterocycles. The fraction of sp³-hybridized carbons (Fsp3) is 0.212. The molecule has 3 aromatic carbocycles. The molecule has 2 atom stereocenters. The number of H-pyrrole nitrogens is 1. The first-order valence-electron chi connectivity index (χ1n) is 14.0. The molecule has 0 saturated carbocycles. The largest absolute Gasteiger partial charge is 0.449 e. The van der Waals surface area contributed by atoms with Gasteiger partial charge in [0.25, 0.3) is 5.56 Å². The van der Waals surface area contributed by atoms with Gasteiger partial charge in [0.1, 0.15) is 12.3 Å². The molecule has 43 heavy (non-hydrogen) atoms. The molecule has 0 radical (unpaired) electrons. The molecule has 0 saturated heterocycles. The maximum absolute atomic E-state index is 14.3. The number of pyridine rings is 1. The van der Waals surface area contributed by atoms with E-state index in [9.17, 15) is 14.4 Å². The van der Waals surface area contributed by atoms with E-state index in [2.05, 4.69) is 20.6 Å². The summed E-state index contributed by atoms with van der Waals surface area (Å²) in [4.78, 5) is 48.0. The number of hydrogen-bond acceptors (Lipinski definition) is 7. The summed E-state index contributed by atoms with van der Waals surface area (Å²) in [5, 5.41) is 7.52. The van der Waals surface area contributed by atoms with Crippen LogP contribution in [-0.4, -0.2) is 40.5 Å². The van der Waals surface area contributed by atoms with Crippen LogP contribution < -0.4 is 16.2 Å². The number of benzene rings is 3. The van der Waals surface area contributed by atoms with Gasteiger partial charge in [-0.15, -0.1) is 0 Å². The highest BCUT2D eigenvalue weighted by molar-refractivity contribution is 5.89. The molecule has 0 aliphatic carbocycles. The second-order valence-corrected chi connectivity index (χ2v) is 10.8. The lowest BCUT2D eigenvalue weighted by molar-refractivity contribution is -0.131. The predicted molar refractivity (Wildman–Crippen MR) is 164 cm³/mol. The fourth-order valence-corrected chi connectivity index (χ4v) is 5.52. The van der Waals surface area contributed by atoms with E-state index in [1.807, 2.05) is 50.2 Å². The summed E-state index contributed by atoms with van der Waals surface area (Å²) in [5.41, 5.74) is 5.11. The van der Waals surface area contributed by atoms with Crippen LogP contribution in [0.5, 0.6) is 0 Å². The van der Waals surface area contributed by atoms with Gasteiger partial charge in [-0.05, 0) is 71.0 Å². The molecule has 218 valence electrons. The molecule has 2 aliphatic rings. The van der Waals surface area contributed by atoms with Gasteiger partial charge < -0.3 is 24.4 Å². The molecule has 2 amide bonds. The fourth-order valence-electron chi connectivity index (χ4n) is 5.52. The van der Waals surface area contributed by atoms with Gasteiger partial charge in [0.2, 0.25) is 11.8 Å². The number of nitrogens with one attached hydrogen (secondary N) is 3. The van der Waals surface area contributed by atoms with Gasteiger partial charge in [0.05, 0.1) is 12.8 Å². The van der Waals surface area contributed by atoms with E-state index in [-0.39, 0.29) is 30.5 Å². The zero-order valence-corrected chi connectivity index (χ0v) is 24.0. The summed E-state index contributed by atoms with van der Waals surface area (Å²) in [5.74, 6) is 0.133. The van der Waals surface area contributed by atoms with Crippen LogP contribution in [0.1, 0.15) is 41.1 Å². The molecule has 3 N–H and O–H groups in total. The monoisotopic (exact) mass is 577 g/mol. The standard InChI is InChI=1S/C33H31N5O5/c1-19-14-22-5-8-26(19)20(2)18-43-33(41)37-24-7-9-27(31-35-12-13-42-31)23(15-24)17-38(3)32(40)29(22)36-25-6-4-21-10-11-34-30(39)28(21)16-25/h4-16,20,29,36H,17-18H2,1-3H3,(H,34,39)(H,37,41)/t20?,29-/m1/s1. The van der Waals surface area contributed by atoms with E-state index in [4.69, 9.17) is 9.15 Å². The van der Waals surface area contributed by atoms with Gasteiger partial charge in [-0.2, -0.15) is 0 Å². The Morgan fingerprint density at radius 3 is 2.67 bits per heavy atom. The highest BCUT2D eigenvalue weighted by Crippen LogP contribution is 2.31. The highest BCUT2D eigenvalue weighted by atomic mass is 16.5. The maximum Gasteiger partial charge on any atom is 0.411 e. The number of ether oxygens (including phenoxy) is 1. The lowest BCUT2D eigenvalue weighted by Gasteiger charge is -2.27. The Hall–Kier alpha value is -5.38. The van der Waals surface area contributed by atoms with Crippen LogP contribution in [0, 0.1) is 6.92 Å². The van der Waals surface area contributed by atoms with Gasteiger partial charge in [0.15, 0.2) is 0 Å². The van der Waals surface area contributed by atoms with Crippen LogP contribution in [0.3, 0.4) is 0 Å². The molecule has 2 aromatic heterocycles. The summed E-state index contributed by atoms with van der Waals surface area (Å²) in [6, 6.07) is 17.7. The number of carbonyl (C=O) groups is 2. The molecule has 7 rings (SSSR count). The van der Waals surface area contributed by atoms with Gasteiger partial charge in [0, 0.05) is 48.0 Å². The van der Waals surface area contributed by atoms with E-state index in [0.717, 1.165) is 27.6 Å². The van der Waals surface area contributed by atoms with Crippen molar-refractivity contribution in [1.82, 2.24) is 14.9 Å². The number of hydrogen-bond donors (Lipinski definition) is 3. The van der Waals surface area contributed by atoms with Crippen LogP contribution in [0.2, 0.25) is 0 Å². The van der Waals surface area contributed by atoms with Crippen LogP contribution >= 0.6 is 0 Å². The number of rotatable bonds is 3. The zero-order valence-electron chi connectivity index (χ0n) is 24.0.